The molecule has 0 saturated heterocycles. The van der Waals surface area contributed by atoms with Crippen LogP contribution in [-0.2, 0) is 0 Å². The molecule has 0 aliphatic carbocycles. The van der Waals surface area contributed by atoms with Gasteiger partial charge < -0.3 is 15.3 Å². The maximum atomic E-state index is 9.45. The van der Waals surface area contributed by atoms with E-state index in [1.54, 1.807) is 0 Å². The number of nitrogens with zero attached hydrogens (tertiary/aromatic N) is 1. The molecule has 0 spiro atoms. The minimum atomic E-state index is -0.153. The third kappa shape index (κ3) is 5.83. The van der Waals surface area contributed by atoms with E-state index in [4.69, 9.17) is 0 Å². The number of hydrogen-bond acceptors (Lipinski definition) is 3. The van der Waals surface area contributed by atoms with E-state index in [1.165, 1.54) is 0 Å². The summed E-state index contributed by atoms with van der Waals surface area (Å²) in [5.41, 5.74) is -0.153. The summed E-state index contributed by atoms with van der Waals surface area (Å²) in [6, 6.07) is 0.485. The van der Waals surface area contributed by atoms with Gasteiger partial charge in [0.2, 0.25) is 0 Å². The fraction of sp³-hybridized carbons (Fsp3) is 1.00. The average molecular weight is 230 g/mol. The second-order valence-corrected chi connectivity index (χ2v) is 5.64. The van der Waals surface area contributed by atoms with Crippen LogP contribution < -0.4 is 5.32 Å². The molecule has 0 amide bonds. The Labute approximate surface area is 101 Å². The van der Waals surface area contributed by atoms with Gasteiger partial charge in [-0.25, -0.2) is 0 Å². The van der Waals surface area contributed by atoms with Crippen molar-refractivity contribution in [3.8, 4) is 0 Å². The molecule has 0 rings (SSSR count). The highest BCUT2D eigenvalue weighted by Gasteiger charge is 2.26. The van der Waals surface area contributed by atoms with Gasteiger partial charge in [-0.3, -0.25) is 0 Å². The zero-order valence-corrected chi connectivity index (χ0v) is 11.9. The average Bonchev–Trinajstić information content (AvgIpc) is 2.17. The molecule has 0 aromatic carbocycles. The van der Waals surface area contributed by atoms with E-state index in [-0.39, 0.29) is 12.1 Å². The molecule has 0 aliphatic rings. The van der Waals surface area contributed by atoms with Crippen LogP contribution in [0.1, 0.15) is 41.0 Å². The fourth-order valence-electron chi connectivity index (χ4n) is 2.18. The molecule has 16 heavy (non-hydrogen) atoms. The van der Waals surface area contributed by atoms with E-state index in [9.17, 15) is 5.11 Å². The quantitative estimate of drug-likeness (QED) is 0.666. The fourth-order valence-corrected chi connectivity index (χ4v) is 2.18. The van der Waals surface area contributed by atoms with Crippen LogP contribution in [0, 0.1) is 5.92 Å². The van der Waals surface area contributed by atoms with Crippen molar-refractivity contribution in [3.05, 3.63) is 0 Å². The Morgan fingerprint density at radius 3 is 2.25 bits per heavy atom. The van der Waals surface area contributed by atoms with Crippen LogP contribution in [0.5, 0.6) is 0 Å². The molecular weight excluding hydrogens is 200 g/mol. The van der Waals surface area contributed by atoms with Gasteiger partial charge in [0.15, 0.2) is 0 Å². The topological polar surface area (TPSA) is 35.5 Å². The second kappa shape index (κ2) is 7.25. The SMILES string of the molecule is CCNC(C)(CO)CC(C)N(C)CC(C)C. The molecule has 98 valence electrons. The lowest BCUT2D eigenvalue weighted by Gasteiger charge is -2.35. The summed E-state index contributed by atoms with van der Waals surface area (Å²) in [7, 11) is 2.16. The van der Waals surface area contributed by atoms with E-state index >= 15 is 0 Å². The molecular formula is C13H30N2O. The summed E-state index contributed by atoms with van der Waals surface area (Å²) in [6.45, 7) is 13.1. The molecule has 0 bridgehead atoms. The Kier molecular flexibility index (Phi) is 7.20. The molecule has 0 saturated carbocycles. The lowest BCUT2D eigenvalue weighted by Crippen LogP contribution is -2.50. The Balaban J connectivity index is 4.23. The molecule has 0 aromatic rings. The van der Waals surface area contributed by atoms with Crippen molar-refractivity contribution in [1.82, 2.24) is 10.2 Å². The Bertz CT molecular complexity index is 185. The normalized spacial score (nSPS) is 17.8. The summed E-state index contributed by atoms with van der Waals surface area (Å²) in [5.74, 6) is 0.687. The lowest BCUT2D eigenvalue weighted by atomic mass is 9.93. The first-order valence-corrected chi connectivity index (χ1v) is 6.40. The number of hydrogen-bond donors (Lipinski definition) is 2. The van der Waals surface area contributed by atoms with E-state index in [0.29, 0.717) is 12.0 Å². The Morgan fingerprint density at radius 2 is 1.88 bits per heavy atom. The van der Waals surface area contributed by atoms with E-state index in [1.807, 2.05) is 0 Å². The van der Waals surface area contributed by atoms with Gasteiger partial charge in [0.25, 0.3) is 0 Å². The van der Waals surface area contributed by atoms with Gasteiger partial charge in [-0.15, -0.1) is 0 Å². The first-order valence-electron chi connectivity index (χ1n) is 6.40. The van der Waals surface area contributed by atoms with Crippen molar-refractivity contribution < 1.29 is 5.11 Å². The molecule has 3 nitrogen and oxygen atoms in total. The molecule has 2 N–H and O–H groups in total. The van der Waals surface area contributed by atoms with Crippen LogP contribution in [-0.4, -0.2) is 48.3 Å². The summed E-state index contributed by atoms with van der Waals surface area (Å²) in [6.07, 6.45) is 0.973. The number of nitrogens with one attached hydrogen (secondary N) is 1. The molecule has 0 heterocycles. The van der Waals surface area contributed by atoms with Crippen molar-refractivity contribution in [3.63, 3.8) is 0 Å². The van der Waals surface area contributed by atoms with Crippen LogP contribution in [0.3, 0.4) is 0 Å². The first kappa shape index (κ1) is 15.9. The van der Waals surface area contributed by atoms with Crippen LogP contribution in [0.2, 0.25) is 0 Å². The number of aliphatic hydroxyl groups excluding tert-OH is 1. The van der Waals surface area contributed by atoms with Gasteiger partial charge in [-0.05, 0) is 39.8 Å². The largest absolute Gasteiger partial charge is 0.394 e. The highest BCUT2D eigenvalue weighted by molar-refractivity contribution is 4.86. The maximum absolute atomic E-state index is 9.45. The van der Waals surface area contributed by atoms with Gasteiger partial charge in [-0.2, -0.15) is 0 Å². The standard InChI is InChI=1S/C13H30N2O/c1-7-14-13(5,10-16)8-12(4)15(6)9-11(2)3/h11-12,14,16H,7-10H2,1-6H3. The number of aliphatic hydroxyl groups is 1. The second-order valence-electron chi connectivity index (χ2n) is 5.64. The van der Waals surface area contributed by atoms with Crippen LogP contribution in [0.4, 0.5) is 0 Å². The predicted molar refractivity (Wildman–Crippen MR) is 70.7 cm³/mol. The van der Waals surface area contributed by atoms with Gasteiger partial charge in [-0.1, -0.05) is 20.8 Å². The highest BCUT2D eigenvalue weighted by atomic mass is 16.3. The smallest absolute Gasteiger partial charge is 0.0611 e. The van der Waals surface area contributed by atoms with Crippen molar-refractivity contribution >= 4 is 0 Å². The summed E-state index contributed by atoms with van der Waals surface area (Å²) >= 11 is 0. The molecule has 0 aromatic heterocycles. The highest BCUT2D eigenvalue weighted by Crippen LogP contribution is 2.15. The molecule has 0 fully saturated rings. The third-order valence-corrected chi connectivity index (χ3v) is 3.10. The molecule has 0 aliphatic heterocycles. The summed E-state index contributed by atoms with van der Waals surface area (Å²) in [5, 5.41) is 12.8. The zero-order valence-electron chi connectivity index (χ0n) is 11.9. The lowest BCUT2D eigenvalue weighted by molar-refractivity contribution is 0.123. The molecule has 3 heteroatoms. The number of likely N-dealkylation sites (N-methyl/N-ethyl adjacent to an activating group) is 1. The van der Waals surface area contributed by atoms with Crippen LogP contribution >= 0.6 is 0 Å². The summed E-state index contributed by atoms with van der Waals surface area (Å²) in [4.78, 5) is 2.37. The number of rotatable bonds is 8. The zero-order chi connectivity index (χ0) is 12.8. The van der Waals surface area contributed by atoms with Gasteiger partial charge >= 0.3 is 0 Å². The minimum absolute atomic E-state index is 0.153. The van der Waals surface area contributed by atoms with E-state index in [2.05, 4.69) is 51.9 Å². The van der Waals surface area contributed by atoms with Gasteiger partial charge in [0.05, 0.1) is 6.61 Å². The van der Waals surface area contributed by atoms with Crippen LogP contribution in [0.15, 0.2) is 0 Å². The van der Waals surface area contributed by atoms with E-state index < -0.39 is 0 Å². The van der Waals surface area contributed by atoms with Crippen LogP contribution in [0.25, 0.3) is 0 Å². The Hall–Kier alpha value is -0.120. The third-order valence-electron chi connectivity index (χ3n) is 3.10. The Morgan fingerprint density at radius 1 is 1.31 bits per heavy atom. The van der Waals surface area contributed by atoms with Crippen molar-refractivity contribution in [2.75, 3.05) is 26.7 Å². The first-order chi connectivity index (χ1) is 7.34. The molecule has 2 atom stereocenters. The van der Waals surface area contributed by atoms with Gasteiger partial charge in [0, 0.05) is 18.1 Å². The minimum Gasteiger partial charge on any atom is -0.394 e. The van der Waals surface area contributed by atoms with Crippen molar-refractivity contribution in [1.29, 1.82) is 0 Å². The monoisotopic (exact) mass is 230 g/mol. The predicted octanol–water partition coefficient (Wildman–Crippen LogP) is 1.71. The van der Waals surface area contributed by atoms with E-state index in [0.717, 1.165) is 19.5 Å². The van der Waals surface area contributed by atoms with Gasteiger partial charge in [0.1, 0.15) is 0 Å². The van der Waals surface area contributed by atoms with Crippen molar-refractivity contribution in [2.45, 2.75) is 52.6 Å². The maximum Gasteiger partial charge on any atom is 0.0611 e. The van der Waals surface area contributed by atoms with Crippen molar-refractivity contribution in [2.24, 2.45) is 5.92 Å². The molecule has 2 unspecified atom stereocenters. The summed E-state index contributed by atoms with van der Waals surface area (Å²) < 4.78 is 0. The molecule has 0 radical (unpaired) electrons.